The molecule has 0 atom stereocenters. The average Bonchev–Trinajstić information content (AvgIpc) is 2.77. The molecule has 0 saturated carbocycles. The quantitative estimate of drug-likeness (QED) is 0.610. The second kappa shape index (κ2) is 8.98. The van der Waals surface area contributed by atoms with Crippen molar-refractivity contribution in [2.75, 3.05) is 23.3 Å². The molecule has 30 heavy (non-hydrogen) atoms. The molecule has 0 spiro atoms. The van der Waals surface area contributed by atoms with E-state index in [1.54, 1.807) is 20.2 Å². The lowest BCUT2D eigenvalue weighted by Gasteiger charge is -2.25. The smallest absolute Gasteiger partial charge is 0.316 e. The maximum absolute atomic E-state index is 12.7. The Morgan fingerprint density at radius 3 is 2.07 bits per heavy atom. The van der Waals surface area contributed by atoms with Crippen molar-refractivity contribution in [3.8, 4) is 0 Å². The molecule has 3 aromatic rings. The van der Waals surface area contributed by atoms with Crippen LogP contribution in [0.2, 0.25) is 0 Å². The van der Waals surface area contributed by atoms with Gasteiger partial charge in [0.05, 0.1) is 22.4 Å². The zero-order valence-corrected chi connectivity index (χ0v) is 17.9. The first-order valence-electron chi connectivity index (χ1n) is 10.2. The topological polar surface area (TPSA) is 76.3 Å². The molecule has 7 heteroatoms. The van der Waals surface area contributed by atoms with Gasteiger partial charge in [0.15, 0.2) is 0 Å². The van der Waals surface area contributed by atoms with Crippen molar-refractivity contribution >= 4 is 28.3 Å². The van der Waals surface area contributed by atoms with E-state index in [1.165, 1.54) is 9.13 Å². The minimum atomic E-state index is -0.595. The molecule has 7 nitrogen and oxygen atoms in total. The first kappa shape index (κ1) is 21.4. The van der Waals surface area contributed by atoms with Gasteiger partial charge in [-0.25, -0.2) is 0 Å². The molecule has 0 aliphatic carbocycles. The largest absolute Gasteiger partial charge is 0.370 e. The van der Waals surface area contributed by atoms with E-state index in [0.717, 1.165) is 24.3 Å². The Hall–Kier alpha value is -3.35. The fraction of sp³-hybridized carbons (Fsp3) is 0.348. The predicted molar refractivity (Wildman–Crippen MR) is 121 cm³/mol. The highest BCUT2D eigenvalue weighted by atomic mass is 16.2. The summed E-state index contributed by atoms with van der Waals surface area (Å²) in [5, 5.41) is 3.02. The van der Waals surface area contributed by atoms with E-state index in [0.29, 0.717) is 29.6 Å². The van der Waals surface area contributed by atoms with Crippen LogP contribution in [0.25, 0.3) is 11.0 Å². The molecule has 0 radical (unpaired) electrons. The van der Waals surface area contributed by atoms with E-state index in [-0.39, 0.29) is 5.91 Å². The number of aromatic nitrogens is 2. The number of aryl methyl sites for hydroxylation is 3. The molecule has 1 aromatic heterocycles. The monoisotopic (exact) mass is 408 g/mol. The summed E-state index contributed by atoms with van der Waals surface area (Å²) in [6, 6.07) is 13.5. The summed E-state index contributed by atoms with van der Waals surface area (Å²) >= 11 is 0. The summed E-state index contributed by atoms with van der Waals surface area (Å²) in [7, 11) is 3.17. The Morgan fingerprint density at radius 2 is 1.50 bits per heavy atom. The van der Waals surface area contributed by atoms with Crippen LogP contribution >= 0.6 is 0 Å². The number of anilines is 2. The molecule has 158 valence electrons. The van der Waals surface area contributed by atoms with Crippen molar-refractivity contribution in [1.29, 1.82) is 0 Å². The number of amides is 1. The van der Waals surface area contributed by atoms with Gasteiger partial charge in [-0.2, -0.15) is 0 Å². The summed E-state index contributed by atoms with van der Waals surface area (Å²) in [5.74, 6) is -0.0959. The minimum Gasteiger partial charge on any atom is -0.370 e. The number of fused-ring (bicyclic) bond motifs is 1. The van der Waals surface area contributed by atoms with Gasteiger partial charge in [-0.05, 0) is 38.0 Å². The van der Waals surface area contributed by atoms with Crippen molar-refractivity contribution in [3.05, 3.63) is 68.7 Å². The van der Waals surface area contributed by atoms with Gasteiger partial charge >= 0.3 is 11.1 Å². The lowest BCUT2D eigenvalue weighted by atomic mass is 10.1. The van der Waals surface area contributed by atoms with Gasteiger partial charge in [0.2, 0.25) is 5.91 Å². The van der Waals surface area contributed by atoms with E-state index in [2.05, 4.69) is 10.2 Å². The van der Waals surface area contributed by atoms with Crippen LogP contribution in [0.3, 0.4) is 0 Å². The second-order valence-electron chi connectivity index (χ2n) is 7.29. The number of rotatable bonds is 7. The first-order valence-corrected chi connectivity index (χ1v) is 10.2. The van der Waals surface area contributed by atoms with Crippen LogP contribution in [0.15, 0.2) is 52.1 Å². The number of carbonyl (C=O) groups excluding carboxylic acids is 1. The van der Waals surface area contributed by atoms with Gasteiger partial charge in [-0.1, -0.05) is 30.3 Å². The normalized spacial score (nSPS) is 10.9. The zero-order chi connectivity index (χ0) is 21.8. The number of hydrogen-bond donors (Lipinski definition) is 1. The summed E-state index contributed by atoms with van der Waals surface area (Å²) in [6.45, 7) is 5.56. The molecule has 2 aromatic carbocycles. The highest BCUT2D eigenvalue weighted by molar-refractivity contribution is 5.98. The van der Waals surface area contributed by atoms with Crippen molar-refractivity contribution < 1.29 is 4.79 Å². The van der Waals surface area contributed by atoms with Crippen LogP contribution in [0.1, 0.15) is 25.8 Å². The molecule has 0 aliphatic heterocycles. The number of nitrogens with one attached hydrogen (secondary N) is 1. The standard InChI is InChI=1S/C23H28N4O3/c1-5-27(6-2)18-15-20-19(25(3)22(29)23(30)26(20)4)14-17(18)24-21(28)13-12-16-10-8-7-9-11-16/h7-11,14-15H,5-6,12-13H2,1-4H3,(H,24,28). The molecular formula is C23H28N4O3. The summed E-state index contributed by atoms with van der Waals surface area (Å²) in [5.41, 5.74) is 2.64. The number of benzene rings is 2. The third-order valence-corrected chi connectivity index (χ3v) is 5.47. The molecule has 0 bridgehead atoms. The van der Waals surface area contributed by atoms with E-state index in [1.807, 2.05) is 50.2 Å². The van der Waals surface area contributed by atoms with Gasteiger partial charge < -0.3 is 19.4 Å². The maximum atomic E-state index is 12.7. The Balaban J connectivity index is 2.02. The maximum Gasteiger partial charge on any atom is 0.316 e. The molecule has 0 saturated heterocycles. The van der Waals surface area contributed by atoms with Crippen LogP contribution in [0.5, 0.6) is 0 Å². The lowest BCUT2D eigenvalue weighted by molar-refractivity contribution is -0.116. The van der Waals surface area contributed by atoms with Crippen LogP contribution < -0.4 is 21.3 Å². The molecule has 0 aliphatic rings. The number of hydrogen-bond acceptors (Lipinski definition) is 4. The Morgan fingerprint density at radius 1 is 0.933 bits per heavy atom. The second-order valence-corrected chi connectivity index (χ2v) is 7.29. The number of carbonyl (C=O) groups is 1. The number of nitrogens with zero attached hydrogens (tertiary/aromatic N) is 3. The Kier molecular flexibility index (Phi) is 6.40. The van der Waals surface area contributed by atoms with Gasteiger partial charge in [0, 0.05) is 33.6 Å². The molecular weight excluding hydrogens is 380 g/mol. The molecule has 1 heterocycles. The minimum absolute atomic E-state index is 0.0959. The van der Waals surface area contributed by atoms with E-state index < -0.39 is 11.1 Å². The van der Waals surface area contributed by atoms with E-state index in [4.69, 9.17) is 0 Å². The van der Waals surface area contributed by atoms with Gasteiger partial charge in [-0.3, -0.25) is 14.4 Å². The van der Waals surface area contributed by atoms with Crippen LogP contribution in [0.4, 0.5) is 11.4 Å². The van der Waals surface area contributed by atoms with Crippen molar-refractivity contribution in [2.45, 2.75) is 26.7 Å². The van der Waals surface area contributed by atoms with E-state index >= 15 is 0 Å². The SMILES string of the molecule is CCN(CC)c1cc2c(cc1NC(=O)CCc1ccccc1)n(C)c(=O)c(=O)n2C. The highest BCUT2D eigenvalue weighted by Crippen LogP contribution is 2.30. The van der Waals surface area contributed by atoms with Gasteiger partial charge in [-0.15, -0.1) is 0 Å². The molecule has 1 amide bonds. The summed E-state index contributed by atoms with van der Waals surface area (Å²) in [6.07, 6.45) is 1.000. The lowest BCUT2D eigenvalue weighted by Crippen LogP contribution is -2.39. The van der Waals surface area contributed by atoms with E-state index in [9.17, 15) is 14.4 Å². The predicted octanol–water partition coefficient (Wildman–Crippen LogP) is 2.65. The van der Waals surface area contributed by atoms with Crippen molar-refractivity contribution in [1.82, 2.24) is 9.13 Å². The third-order valence-electron chi connectivity index (χ3n) is 5.47. The highest BCUT2D eigenvalue weighted by Gasteiger charge is 2.17. The average molecular weight is 409 g/mol. The first-order chi connectivity index (χ1) is 14.4. The van der Waals surface area contributed by atoms with Crippen molar-refractivity contribution in [2.24, 2.45) is 14.1 Å². The van der Waals surface area contributed by atoms with Gasteiger partial charge in [0.25, 0.3) is 0 Å². The van der Waals surface area contributed by atoms with Crippen LogP contribution in [-0.2, 0) is 25.3 Å². The zero-order valence-electron chi connectivity index (χ0n) is 17.9. The molecule has 1 N–H and O–H groups in total. The Bertz CT molecular complexity index is 1180. The summed E-state index contributed by atoms with van der Waals surface area (Å²) in [4.78, 5) is 39.3. The van der Waals surface area contributed by atoms with Crippen LogP contribution in [0, 0.1) is 0 Å². The third kappa shape index (κ3) is 4.15. The fourth-order valence-electron chi connectivity index (χ4n) is 3.65. The van der Waals surface area contributed by atoms with Crippen LogP contribution in [-0.4, -0.2) is 28.1 Å². The fourth-order valence-corrected chi connectivity index (χ4v) is 3.65. The summed E-state index contributed by atoms with van der Waals surface area (Å²) < 4.78 is 2.70. The molecule has 0 unspecified atom stereocenters. The van der Waals surface area contributed by atoms with Gasteiger partial charge in [0.1, 0.15) is 0 Å². The molecule has 3 rings (SSSR count). The molecule has 0 fully saturated rings. The Labute approximate surface area is 175 Å². The van der Waals surface area contributed by atoms with Crippen molar-refractivity contribution in [3.63, 3.8) is 0 Å².